The van der Waals surface area contributed by atoms with Crippen LogP contribution in [-0.4, -0.2) is 73.3 Å². The van der Waals surface area contributed by atoms with Crippen molar-refractivity contribution >= 4 is 21.8 Å². The average molecular weight is 354 g/mol. The molecule has 1 aromatic rings. The minimum atomic E-state index is -3.27. The van der Waals surface area contributed by atoms with Crippen molar-refractivity contribution in [3.63, 3.8) is 0 Å². The van der Waals surface area contributed by atoms with Gasteiger partial charge in [-0.3, -0.25) is 0 Å². The number of nitrogens with one attached hydrogen (secondary N) is 1. The summed E-state index contributed by atoms with van der Waals surface area (Å²) in [5, 5.41) is 3.40. The zero-order chi connectivity index (χ0) is 17.2. The normalized spacial score (nSPS) is 21.1. The third-order valence-corrected chi connectivity index (χ3v) is 6.67. The van der Waals surface area contributed by atoms with Gasteiger partial charge in [0.2, 0.25) is 0 Å². The van der Waals surface area contributed by atoms with Crippen LogP contribution in [0.5, 0.6) is 0 Å². The summed E-state index contributed by atoms with van der Waals surface area (Å²) in [6, 6.07) is 2.15. The second-order valence-corrected chi connectivity index (χ2v) is 8.52. The lowest BCUT2D eigenvalue weighted by Crippen LogP contribution is -2.48. The molecule has 0 spiro atoms. The van der Waals surface area contributed by atoms with Gasteiger partial charge in [0.25, 0.3) is 10.2 Å². The second kappa shape index (κ2) is 7.20. The Morgan fingerprint density at radius 1 is 1.08 bits per heavy atom. The smallest absolute Gasteiger partial charge is 0.281 e. The number of piperidine rings is 1. The van der Waals surface area contributed by atoms with Gasteiger partial charge in [-0.25, -0.2) is 9.97 Å². The van der Waals surface area contributed by atoms with Gasteiger partial charge in [0.15, 0.2) is 0 Å². The quantitative estimate of drug-likeness (QED) is 0.841. The molecular weight excluding hydrogens is 328 g/mol. The molecule has 0 amide bonds. The number of rotatable bonds is 5. The summed E-state index contributed by atoms with van der Waals surface area (Å²) in [4.78, 5) is 10.4. The zero-order valence-corrected chi connectivity index (χ0v) is 15.2. The molecule has 2 aliphatic rings. The van der Waals surface area contributed by atoms with E-state index in [9.17, 15) is 8.42 Å². The monoisotopic (exact) mass is 354 g/mol. The van der Waals surface area contributed by atoms with Crippen molar-refractivity contribution < 1.29 is 8.42 Å². The lowest BCUT2D eigenvalue weighted by atomic mass is 10.1. The molecule has 1 aromatic heterocycles. The molecule has 0 aliphatic carbocycles. The van der Waals surface area contributed by atoms with E-state index in [1.165, 1.54) is 0 Å². The largest absolute Gasteiger partial charge is 0.367 e. The molecular formula is C15H26N6O2S. The fourth-order valence-electron chi connectivity index (χ4n) is 3.19. The molecule has 3 rings (SSSR count). The Hall–Kier alpha value is -1.45. The molecule has 0 saturated carbocycles. The van der Waals surface area contributed by atoms with Crippen molar-refractivity contribution in [2.75, 3.05) is 50.5 Å². The lowest BCUT2D eigenvalue weighted by Gasteiger charge is -2.34. The molecule has 24 heavy (non-hydrogen) atoms. The highest BCUT2D eigenvalue weighted by Gasteiger charge is 2.34. The Morgan fingerprint density at radius 3 is 2.33 bits per heavy atom. The van der Waals surface area contributed by atoms with E-state index in [1.54, 1.807) is 14.9 Å². The molecule has 2 fully saturated rings. The lowest BCUT2D eigenvalue weighted by molar-refractivity contribution is 0.304. The van der Waals surface area contributed by atoms with Crippen LogP contribution in [0.1, 0.15) is 25.7 Å². The highest BCUT2D eigenvalue weighted by atomic mass is 32.2. The maximum atomic E-state index is 12.6. The van der Waals surface area contributed by atoms with Crippen LogP contribution in [-0.2, 0) is 10.2 Å². The van der Waals surface area contributed by atoms with Gasteiger partial charge in [0.1, 0.15) is 18.0 Å². The van der Waals surface area contributed by atoms with E-state index in [-0.39, 0.29) is 6.04 Å². The molecule has 0 atom stereocenters. The van der Waals surface area contributed by atoms with Gasteiger partial charge in [0, 0.05) is 52.4 Å². The van der Waals surface area contributed by atoms with Gasteiger partial charge >= 0.3 is 0 Å². The van der Waals surface area contributed by atoms with E-state index in [0.29, 0.717) is 26.2 Å². The van der Waals surface area contributed by atoms with E-state index in [2.05, 4.69) is 15.3 Å². The van der Waals surface area contributed by atoms with Crippen LogP contribution in [0.3, 0.4) is 0 Å². The second-order valence-electron chi connectivity index (χ2n) is 6.59. The third-order valence-electron chi connectivity index (χ3n) is 4.63. The summed E-state index contributed by atoms with van der Waals surface area (Å²) >= 11 is 0. The number of hydrogen-bond donors (Lipinski definition) is 1. The van der Waals surface area contributed by atoms with Crippen LogP contribution in [0, 0.1) is 0 Å². The van der Waals surface area contributed by atoms with Gasteiger partial charge in [0.05, 0.1) is 0 Å². The van der Waals surface area contributed by atoms with Crippen LogP contribution < -0.4 is 10.2 Å². The first-order chi connectivity index (χ1) is 11.5. The van der Waals surface area contributed by atoms with Gasteiger partial charge in [-0.2, -0.15) is 17.0 Å². The van der Waals surface area contributed by atoms with Crippen molar-refractivity contribution in [3.05, 3.63) is 12.4 Å². The molecule has 0 radical (unpaired) electrons. The molecule has 2 aliphatic heterocycles. The van der Waals surface area contributed by atoms with Gasteiger partial charge in [-0.05, 0) is 25.7 Å². The summed E-state index contributed by atoms with van der Waals surface area (Å²) in [7, 11) is 0.607. The summed E-state index contributed by atoms with van der Waals surface area (Å²) < 4.78 is 28.4. The van der Waals surface area contributed by atoms with E-state index in [0.717, 1.165) is 37.3 Å². The maximum Gasteiger partial charge on any atom is 0.281 e. The SMILES string of the molecule is CN(C)c1cc(NC2CCN(S(=O)(=O)N3CCCC3)CC2)ncn1. The molecule has 8 nitrogen and oxygen atoms in total. The Bertz CT molecular complexity index is 652. The minimum absolute atomic E-state index is 0.236. The van der Waals surface area contributed by atoms with Crippen LogP contribution in [0.2, 0.25) is 0 Å². The van der Waals surface area contributed by atoms with E-state index >= 15 is 0 Å². The van der Waals surface area contributed by atoms with Crippen molar-refractivity contribution in [2.24, 2.45) is 0 Å². The fraction of sp³-hybridized carbons (Fsp3) is 0.733. The summed E-state index contributed by atoms with van der Waals surface area (Å²) in [6.45, 7) is 2.44. The predicted molar refractivity (Wildman–Crippen MR) is 94.3 cm³/mol. The first-order valence-corrected chi connectivity index (χ1v) is 9.87. The highest BCUT2D eigenvalue weighted by Crippen LogP contribution is 2.22. The standard InChI is InChI=1S/C15H26N6O2S/c1-19(2)15-11-14(16-12-17-15)18-13-5-9-21(10-6-13)24(22,23)20-7-3-4-8-20/h11-13H,3-10H2,1-2H3,(H,16,17,18). The third kappa shape index (κ3) is 3.79. The van der Waals surface area contributed by atoms with Crippen molar-refractivity contribution in [1.82, 2.24) is 18.6 Å². The molecule has 0 aromatic carbocycles. The summed E-state index contributed by atoms with van der Waals surface area (Å²) in [6.07, 6.45) is 5.06. The molecule has 3 heterocycles. The van der Waals surface area contributed by atoms with Crippen LogP contribution in [0.4, 0.5) is 11.6 Å². The first-order valence-electron chi connectivity index (χ1n) is 8.48. The highest BCUT2D eigenvalue weighted by molar-refractivity contribution is 7.86. The molecule has 2 saturated heterocycles. The topological polar surface area (TPSA) is 81.7 Å². The predicted octanol–water partition coefficient (Wildman–Crippen LogP) is 0.760. The van der Waals surface area contributed by atoms with Crippen molar-refractivity contribution in [1.29, 1.82) is 0 Å². The van der Waals surface area contributed by atoms with Crippen molar-refractivity contribution in [2.45, 2.75) is 31.7 Å². The molecule has 9 heteroatoms. The van der Waals surface area contributed by atoms with Crippen LogP contribution >= 0.6 is 0 Å². The van der Waals surface area contributed by atoms with E-state index < -0.39 is 10.2 Å². The van der Waals surface area contributed by atoms with Crippen LogP contribution in [0.15, 0.2) is 12.4 Å². The van der Waals surface area contributed by atoms with Gasteiger partial charge < -0.3 is 10.2 Å². The van der Waals surface area contributed by atoms with Crippen molar-refractivity contribution in [3.8, 4) is 0 Å². The Labute approximate surface area is 144 Å². The molecule has 0 bridgehead atoms. The van der Waals surface area contributed by atoms with E-state index in [4.69, 9.17) is 0 Å². The van der Waals surface area contributed by atoms with E-state index in [1.807, 2.05) is 25.1 Å². The van der Waals surface area contributed by atoms with Crippen LogP contribution in [0.25, 0.3) is 0 Å². The number of nitrogens with zero attached hydrogens (tertiary/aromatic N) is 5. The maximum absolute atomic E-state index is 12.6. The minimum Gasteiger partial charge on any atom is -0.367 e. The molecule has 0 unspecified atom stereocenters. The average Bonchev–Trinajstić information content (AvgIpc) is 3.11. The summed E-state index contributed by atoms with van der Waals surface area (Å²) in [5.41, 5.74) is 0. The van der Waals surface area contributed by atoms with Gasteiger partial charge in [-0.15, -0.1) is 0 Å². The zero-order valence-electron chi connectivity index (χ0n) is 14.3. The van der Waals surface area contributed by atoms with Gasteiger partial charge in [-0.1, -0.05) is 0 Å². The number of aromatic nitrogens is 2. The number of hydrogen-bond acceptors (Lipinski definition) is 6. The number of anilines is 2. The Kier molecular flexibility index (Phi) is 5.21. The fourth-order valence-corrected chi connectivity index (χ4v) is 4.91. The summed E-state index contributed by atoms with van der Waals surface area (Å²) in [5.74, 6) is 1.64. The molecule has 1 N–H and O–H groups in total. The Balaban J connectivity index is 1.56. The first kappa shape index (κ1) is 17.4. The molecule has 134 valence electrons. The Morgan fingerprint density at radius 2 is 1.71 bits per heavy atom.